The van der Waals surface area contributed by atoms with Crippen LogP contribution in [0.4, 0.5) is 13.2 Å². The first kappa shape index (κ1) is 37.0. The molecule has 2 atom stereocenters. The topological polar surface area (TPSA) is 126 Å². The van der Waals surface area contributed by atoms with Crippen molar-refractivity contribution in [1.29, 1.82) is 0 Å². The molecular formula is C36H31Cl2F3N6O4S. The Hall–Kier alpha value is -4.79. The zero-order valence-corrected chi connectivity index (χ0v) is 29.9. The van der Waals surface area contributed by atoms with Crippen molar-refractivity contribution in [2.45, 2.75) is 43.7 Å². The Morgan fingerprint density at radius 3 is 2.60 bits per heavy atom. The molecule has 0 bridgehead atoms. The van der Waals surface area contributed by atoms with Crippen LogP contribution in [0, 0.1) is 5.82 Å². The second-order valence-corrected chi connectivity index (χ2v) is 14.5. The third-order valence-electron chi connectivity index (χ3n) is 8.76. The van der Waals surface area contributed by atoms with Crippen LogP contribution in [0.2, 0.25) is 9.36 Å². The smallest absolute Gasteiger partial charge is 0.267 e. The molecule has 52 heavy (non-hydrogen) atoms. The van der Waals surface area contributed by atoms with Gasteiger partial charge < -0.3 is 15.5 Å². The number of nitrogens with one attached hydrogen (secondary N) is 2. The normalized spacial score (nSPS) is 15.8. The highest BCUT2D eigenvalue weighted by atomic mass is 35.5. The summed E-state index contributed by atoms with van der Waals surface area (Å²) >= 11 is 13.8. The van der Waals surface area contributed by atoms with E-state index in [-0.39, 0.29) is 29.7 Å². The van der Waals surface area contributed by atoms with Crippen LogP contribution < -0.4 is 10.6 Å². The summed E-state index contributed by atoms with van der Waals surface area (Å²) in [6.07, 6.45) is 1.86. The van der Waals surface area contributed by atoms with Gasteiger partial charge in [0.15, 0.2) is 5.78 Å². The van der Waals surface area contributed by atoms with Crippen LogP contribution in [0.5, 0.6) is 0 Å². The molecule has 0 spiro atoms. The lowest BCUT2D eigenvalue weighted by atomic mass is 9.97. The molecule has 4 heterocycles. The third-order valence-corrected chi connectivity index (χ3v) is 10.4. The van der Waals surface area contributed by atoms with Crippen molar-refractivity contribution in [3.63, 3.8) is 0 Å². The van der Waals surface area contributed by atoms with E-state index in [2.05, 4.69) is 20.7 Å². The second kappa shape index (κ2) is 15.4. The van der Waals surface area contributed by atoms with E-state index >= 15 is 0 Å². The van der Waals surface area contributed by atoms with Crippen LogP contribution in [0.25, 0.3) is 22.2 Å². The van der Waals surface area contributed by atoms with Gasteiger partial charge in [-0.15, -0.1) is 11.3 Å². The molecule has 3 amide bonds. The van der Waals surface area contributed by atoms with Crippen molar-refractivity contribution in [3.8, 4) is 11.3 Å². The fourth-order valence-electron chi connectivity index (χ4n) is 6.28. The van der Waals surface area contributed by atoms with Crippen LogP contribution in [-0.2, 0) is 23.1 Å². The van der Waals surface area contributed by atoms with Crippen molar-refractivity contribution in [1.82, 2.24) is 30.3 Å². The van der Waals surface area contributed by atoms with E-state index in [0.717, 1.165) is 16.2 Å². The molecule has 1 saturated heterocycles. The molecular weight excluding hydrogens is 740 g/mol. The summed E-state index contributed by atoms with van der Waals surface area (Å²) in [5.41, 5.74) is 2.37. The Labute approximate surface area is 309 Å². The van der Waals surface area contributed by atoms with E-state index < -0.39 is 66.8 Å². The zero-order valence-electron chi connectivity index (χ0n) is 27.5. The fourth-order valence-corrected chi connectivity index (χ4v) is 7.73. The summed E-state index contributed by atoms with van der Waals surface area (Å²) in [5.74, 6) is -6.42. The average Bonchev–Trinajstić information content (AvgIpc) is 3.77. The first-order valence-corrected chi connectivity index (χ1v) is 17.7. The van der Waals surface area contributed by atoms with Crippen LogP contribution in [0.3, 0.4) is 0 Å². The Morgan fingerprint density at radius 2 is 1.85 bits per heavy atom. The summed E-state index contributed by atoms with van der Waals surface area (Å²) in [5, 5.41) is 10.4. The minimum atomic E-state index is -3.33. The van der Waals surface area contributed by atoms with Crippen molar-refractivity contribution in [2.75, 3.05) is 13.1 Å². The predicted molar refractivity (Wildman–Crippen MR) is 191 cm³/mol. The number of aromatic nitrogens is 3. The molecule has 0 unspecified atom stereocenters. The molecule has 0 aliphatic carbocycles. The number of rotatable bonds is 12. The number of carbonyl (C=O) groups is 4. The number of nitrogens with zero attached hydrogens (tertiary/aromatic N) is 4. The first-order chi connectivity index (χ1) is 24.8. The number of Topliss-reactive ketones (excluding diaryl/α,β-unsaturated/α-hetero) is 1. The summed E-state index contributed by atoms with van der Waals surface area (Å²) in [7, 11) is 1.68. The highest BCUT2D eigenvalue weighted by molar-refractivity contribution is 7.18. The SMILES string of the molecule is Cn1ncc(Cl)c1-c1cc(C(=O)N[C@H](CCC(=O)[C@@H]2CC(F)(F)CN2C(=O)CNC(=O)c2ccnc3ccccc23)Cc2cccc(F)c2)sc1Cl. The van der Waals surface area contributed by atoms with Crippen molar-refractivity contribution in [3.05, 3.63) is 104 Å². The van der Waals surface area contributed by atoms with Gasteiger partial charge in [0, 0.05) is 43.1 Å². The molecule has 10 nitrogen and oxygen atoms in total. The lowest BCUT2D eigenvalue weighted by Gasteiger charge is -2.24. The van der Waals surface area contributed by atoms with E-state index in [1.54, 1.807) is 43.4 Å². The molecule has 2 N–H and O–H groups in total. The number of pyridine rings is 1. The molecule has 0 radical (unpaired) electrons. The zero-order chi connectivity index (χ0) is 37.2. The maximum Gasteiger partial charge on any atom is 0.267 e. The molecule has 5 aromatic rings. The number of ketones is 1. The maximum atomic E-state index is 14.7. The van der Waals surface area contributed by atoms with Gasteiger partial charge in [0.2, 0.25) is 5.91 Å². The quantitative estimate of drug-likeness (QED) is 0.149. The number of thiophene rings is 1. The molecule has 1 aliphatic heterocycles. The highest BCUT2D eigenvalue weighted by Crippen LogP contribution is 2.39. The number of likely N-dealkylation sites (tertiary alicyclic amines) is 1. The molecule has 270 valence electrons. The van der Waals surface area contributed by atoms with Gasteiger partial charge in [-0.3, -0.25) is 28.8 Å². The van der Waals surface area contributed by atoms with Gasteiger partial charge in [0.05, 0.1) is 52.0 Å². The van der Waals surface area contributed by atoms with Gasteiger partial charge in [-0.2, -0.15) is 5.10 Å². The highest BCUT2D eigenvalue weighted by Gasteiger charge is 2.49. The van der Waals surface area contributed by atoms with Crippen LogP contribution in [0.1, 0.15) is 44.9 Å². The summed E-state index contributed by atoms with van der Waals surface area (Å²) in [4.78, 5) is 58.4. The fraction of sp³-hybridized carbons (Fsp3) is 0.278. The molecule has 6 rings (SSSR count). The van der Waals surface area contributed by atoms with Gasteiger partial charge in [0.25, 0.3) is 17.7 Å². The Kier molecular flexibility index (Phi) is 11.0. The Bertz CT molecular complexity index is 2150. The molecule has 1 aliphatic rings. The largest absolute Gasteiger partial charge is 0.348 e. The number of amides is 3. The van der Waals surface area contributed by atoms with Gasteiger partial charge in [-0.1, -0.05) is 53.5 Å². The maximum absolute atomic E-state index is 14.7. The van der Waals surface area contributed by atoms with Gasteiger partial charge in [-0.25, -0.2) is 13.2 Å². The number of alkyl halides is 2. The van der Waals surface area contributed by atoms with Crippen LogP contribution in [0.15, 0.2) is 73.1 Å². The second-order valence-electron chi connectivity index (χ2n) is 12.4. The van der Waals surface area contributed by atoms with Crippen molar-refractivity contribution >= 4 is 68.9 Å². The number of fused-ring (bicyclic) bond motifs is 1. The average molecular weight is 772 g/mol. The lowest BCUT2D eigenvalue weighted by molar-refractivity contribution is -0.137. The number of benzene rings is 2. The monoisotopic (exact) mass is 770 g/mol. The first-order valence-electron chi connectivity index (χ1n) is 16.1. The summed E-state index contributed by atoms with van der Waals surface area (Å²) < 4.78 is 45.3. The number of para-hydroxylation sites is 1. The Morgan fingerprint density at radius 1 is 1.06 bits per heavy atom. The molecule has 3 aromatic heterocycles. The number of hydrogen-bond donors (Lipinski definition) is 2. The van der Waals surface area contributed by atoms with Crippen LogP contribution in [-0.4, -0.2) is 74.3 Å². The number of carbonyl (C=O) groups excluding carboxylic acids is 4. The summed E-state index contributed by atoms with van der Waals surface area (Å²) in [6.45, 7) is -1.59. The van der Waals surface area contributed by atoms with E-state index in [0.29, 0.717) is 37.1 Å². The van der Waals surface area contributed by atoms with E-state index in [4.69, 9.17) is 23.2 Å². The van der Waals surface area contributed by atoms with E-state index in [1.807, 2.05) is 0 Å². The molecule has 2 aromatic carbocycles. The number of aryl methyl sites for hydroxylation is 1. The van der Waals surface area contributed by atoms with Crippen molar-refractivity contribution < 1.29 is 32.3 Å². The van der Waals surface area contributed by atoms with Crippen molar-refractivity contribution in [2.24, 2.45) is 7.05 Å². The van der Waals surface area contributed by atoms with Gasteiger partial charge in [-0.05, 0) is 48.7 Å². The number of hydrogen-bond acceptors (Lipinski definition) is 7. The summed E-state index contributed by atoms with van der Waals surface area (Å²) in [6, 6.07) is 13.5. The van der Waals surface area contributed by atoms with Crippen LogP contribution >= 0.6 is 34.5 Å². The molecule has 0 saturated carbocycles. The Balaban J connectivity index is 1.14. The van der Waals surface area contributed by atoms with E-state index in [1.165, 1.54) is 41.3 Å². The molecule has 16 heteroatoms. The minimum absolute atomic E-state index is 0.00341. The van der Waals surface area contributed by atoms with Gasteiger partial charge >= 0.3 is 0 Å². The third kappa shape index (κ3) is 8.30. The standard InChI is InChI=1S/C36H31Cl2F3N6O4S/c1-46-32(26(37)17-44-46)25-15-30(52-33(25)38)35(51)45-22(14-20-5-4-6-21(39)13-20)9-10-29(48)28-16-36(40,41)19-47(28)31(49)18-43-34(50)24-11-12-42-27-8-3-2-7-23(24)27/h2-8,11-13,15,17,22,28H,9-10,14,16,18-19H2,1H3,(H,43,50)(H,45,51)/t22-,28+/m1/s1. The molecule has 1 fully saturated rings. The van der Waals surface area contributed by atoms with Gasteiger partial charge in [0.1, 0.15) is 10.2 Å². The number of halogens is 5. The lowest BCUT2D eigenvalue weighted by Crippen LogP contribution is -2.46. The van der Waals surface area contributed by atoms with E-state index in [9.17, 15) is 32.3 Å². The minimum Gasteiger partial charge on any atom is -0.348 e. The predicted octanol–water partition coefficient (Wildman–Crippen LogP) is 6.50.